The van der Waals surface area contributed by atoms with Crippen LogP contribution in [0.4, 0.5) is 0 Å². The van der Waals surface area contributed by atoms with Gasteiger partial charge in [-0.3, -0.25) is 4.79 Å². The average Bonchev–Trinajstić information content (AvgIpc) is 2.46. The van der Waals surface area contributed by atoms with Crippen molar-refractivity contribution in [1.82, 2.24) is 0 Å². The van der Waals surface area contributed by atoms with Crippen LogP contribution in [0.2, 0.25) is 5.02 Å². The number of hydrogen-bond acceptors (Lipinski definition) is 3. The van der Waals surface area contributed by atoms with Gasteiger partial charge in [-0.15, -0.1) is 0 Å². The number of Topliss-reactive ketones (excluding diaryl/α,β-unsaturated/α-hetero) is 1. The Bertz CT molecular complexity index is 677. The molecule has 21 heavy (non-hydrogen) atoms. The fourth-order valence-electron chi connectivity index (χ4n) is 1.84. The Balaban J connectivity index is 2.17. The van der Waals surface area contributed by atoms with Gasteiger partial charge >= 0.3 is 5.97 Å². The third-order valence-electron chi connectivity index (χ3n) is 2.92. The molecule has 0 atom stereocenters. The molecule has 2 aromatic rings. The summed E-state index contributed by atoms with van der Waals surface area (Å²) in [6.07, 6.45) is 0. The summed E-state index contributed by atoms with van der Waals surface area (Å²) >= 11 is 5.79. The first-order valence-electron chi connectivity index (χ1n) is 6.23. The van der Waals surface area contributed by atoms with Gasteiger partial charge in [0.25, 0.3) is 0 Å². The maximum absolute atomic E-state index is 11.4. The van der Waals surface area contributed by atoms with Crippen LogP contribution in [0.1, 0.15) is 33.2 Å². The van der Waals surface area contributed by atoms with E-state index in [4.69, 9.17) is 21.4 Å². The summed E-state index contributed by atoms with van der Waals surface area (Å²) in [6, 6.07) is 11.6. The van der Waals surface area contributed by atoms with Crippen molar-refractivity contribution in [3.05, 3.63) is 64.2 Å². The van der Waals surface area contributed by atoms with Crippen LogP contribution in [0, 0.1) is 0 Å². The van der Waals surface area contributed by atoms with E-state index in [1.54, 1.807) is 18.2 Å². The van der Waals surface area contributed by atoms with Crippen molar-refractivity contribution < 1.29 is 19.4 Å². The van der Waals surface area contributed by atoms with E-state index in [0.717, 1.165) is 5.56 Å². The van der Waals surface area contributed by atoms with Crippen LogP contribution >= 0.6 is 11.6 Å². The number of carboxylic acids is 1. The lowest BCUT2D eigenvalue weighted by atomic mass is 10.0. The van der Waals surface area contributed by atoms with Crippen LogP contribution in [0.25, 0.3) is 0 Å². The molecule has 0 amide bonds. The summed E-state index contributed by atoms with van der Waals surface area (Å²) < 4.78 is 5.54. The summed E-state index contributed by atoms with van der Waals surface area (Å²) in [5.41, 5.74) is 1.02. The second-order valence-electron chi connectivity index (χ2n) is 4.48. The molecule has 108 valence electrons. The van der Waals surface area contributed by atoms with Gasteiger partial charge in [0.15, 0.2) is 5.78 Å². The number of aromatic carboxylic acids is 1. The number of carboxylic acid groups (broad SMARTS) is 1. The monoisotopic (exact) mass is 304 g/mol. The first-order valence-corrected chi connectivity index (χ1v) is 6.60. The van der Waals surface area contributed by atoms with E-state index in [2.05, 4.69) is 0 Å². The fraction of sp³-hybridized carbons (Fsp3) is 0.125. The third kappa shape index (κ3) is 3.83. The largest absolute Gasteiger partial charge is 0.489 e. The molecule has 4 nitrogen and oxygen atoms in total. The molecule has 0 bridgehead atoms. The second kappa shape index (κ2) is 6.41. The van der Waals surface area contributed by atoms with Crippen molar-refractivity contribution in [1.29, 1.82) is 0 Å². The van der Waals surface area contributed by atoms with Gasteiger partial charge in [0.2, 0.25) is 0 Å². The first-order chi connectivity index (χ1) is 9.97. The van der Waals surface area contributed by atoms with Crippen molar-refractivity contribution in [2.24, 2.45) is 0 Å². The Kier molecular flexibility index (Phi) is 4.60. The Labute approximate surface area is 126 Å². The highest BCUT2D eigenvalue weighted by Crippen LogP contribution is 2.20. The van der Waals surface area contributed by atoms with Crippen molar-refractivity contribution in [2.75, 3.05) is 0 Å². The molecule has 0 aliphatic rings. The van der Waals surface area contributed by atoms with Gasteiger partial charge in [-0.05, 0) is 42.8 Å². The van der Waals surface area contributed by atoms with E-state index in [1.165, 1.54) is 19.1 Å². The van der Waals surface area contributed by atoms with Crippen LogP contribution in [0.3, 0.4) is 0 Å². The number of rotatable bonds is 5. The van der Waals surface area contributed by atoms with Gasteiger partial charge in [-0.2, -0.15) is 0 Å². The van der Waals surface area contributed by atoms with Crippen molar-refractivity contribution in [3.8, 4) is 5.75 Å². The molecular formula is C16H13ClO4. The van der Waals surface area contributed by atoms with Gasteiger partial charge < -0.3 is 9.84 Å². The average molecular weight is 305 g/mol. The maximum atomic E-state index is 11.4. The van der Waals surface area contributed by atoms with Crippen LogP contribution in [0.5, 0.6) is 5.75 Å². The predicted octanol–water partition coefficient (Wildman–Crippen LogP) is 3.82. The molecule has 5 heteroatoms. The Morgan fingerprint density at radius 2 is 1.76 bits per heavy atom. The molecule has 0 spiro atoms. The number of carbonyl (C=O) groups excluding carboxylic acids is 1. The predicted molar refractivity (Wildman–Crippen MR) is 79.2 cm³/mol. The summed E-state index contributed by atoms with van der Waals surface area (Å²) in [6.45, 7) is 1.62. The molecule has 0 saturated heterocycles. The normalized spacial score (nSPS) is 10.2. The zero-order valence-electron chi connectivity index (χ0n) is 11.3. The summed E-state index contributed by atoms with van der Waals surface area (Å²) in [5.74, 6) is -1.05. The third-order valence-corrected chi connectivity index (χ3v) is 3.17. The smallest absolute Gasteiger partial charge is 0.336 e. The van der Waals surface area contributed by atoms with Crippen LogP contribution in [0.15, 0.2) is 42.5 Å². The lowest BCUT2D eigenvalue weighted by Crippen LogP contribution is -2.07. The maximum Gasteiger partial charge on any atom is 0.336 e. The highest BCUT2D eigenvalue weighted by molar-refractivity contribution is 6.30. The highest BCUT2D eigenvalue weighted by atomic mass is 35.5. The topological polar surface area (TPSA) is 63.6 Å². The number of ether oxygens (including phenoxy) is 1. The summed E-state index contributed by atoms with van der Waals surface area (Å²) in [7, 11) is 0. The molecule has 0 radical (unpaired) electrons. The van der Waals surface area contributed by atoms with Crippen molar-refractivity contribution >= 4 is 23.4 Å². The zero-order chi connectivity index (χ0) is 15.4. The summed E-state index contributed by atoms with van der Waals surface area (Å²) in [4.78, 5) is 22.5. The van der Waals surface area contributed by atoms with E-state index in [9.17, 15) is 9.59 Å². The SMILES string of the molecule is CC(=O)c1ccc(OCc2ccc(Cl)cc2)cc1C(=O)O. The fourth-order valence-corrected chi connectivity index (χ4v) is 1.97. The van der Waals surface area contributed by atoms with Crippen LogP contribution in [-0.2, 0) is 6.61 Å². The minimum absolute atomic E-state index is 0.0592. The molecule has 0 heterocycles. The molecule has 1 N–H and O–H groups in total. The number of benzene rings is 2. The second-order valence-corrected chi connectivity index (χ2v) is 4.92. The molecule has 0 fully saturated rings. The lowest BCUT2D eigenvalue weighted by molar-refractivity contribution is 0.0691. The van der Waals surface area contributed by atoms with Gasteiger partial charge in [0, 0.05) is 10.6 Å². The Morgan fingerprint density at radius 3 is 2.33 bits per heavy atom. The highest BCUT2D eigenvalue weighted by Gasteiger charge is 2.14. The molecule has 0 aliphatic heterocycles. The molecular weight excluding hydrogens is 292 g/mol. The molecule has 0 unspecified atom stereocenters. The van der Waals surface area contributed by atoms with Gasteiger partial charge in [0.05, 0.1) is 5.56 Å². The van der Waals surface area contributed by atoms with E-state index in [-0.39, 0.29) is 23.5 Å². The van der Waals surface area contributed by atoms with Crippen LogP contribution in [-0.4, -0.2) is 16.9 Å². The zero-order valence-corrected chi connectivity index (χ0v) is 12.1. The molecule has 0 aliphatic carbocycles. The number of hydrogen-bond donors (Lipinski definition) is 1. The van der Waals surface area contributed by atoms with E-state index < -0.39 is 5.97 Å². The molecule has 2 aromatic carbocycles. The number of carbonyl (C=O) groups is 2. The molecule has 0 aromatic heterocycles. The van der Waals surface area contributed by atoms with Gasteiger partial charge in [0.1, 0.15) is 12.4 Å². The van der Waals surface area contributed by atoms with E-state index >= 15 is 0 Å². The quantitative estimate of drug-likeness (QED) is 0.853. The minimum Gasteiger partial charge on any atom is -0.489 e. The molecule has 0 saturated carbocycles. The van der Waals surface area contributed by atoms with E-state index in [1.807, 2.05) is 12.1 Å². The summed E-state index contributed by atoms with van der Waals surface area (Å²) in [5, 5.41) is 9.77. The standard InChI is InChI=1S/C16H13ClO4/c1-10(18)14-7-6-13(8-15(14)16(19)20)21-9-11-2-4-12(17)5-3-11/h2-8H,9H2,1H3,(H,19,20). The molecule has 2 rings (SSSR count). The lowest BCUT2D eigenvalue weighted by Gasteiger charge is -2.09. The Hall–Kier alpha value is -2.33. The van der Waals surface area contributed by atoms with Crippen LogP contribution < -0.4 is 4.74 Å². The first kappa shape index (κ1) is 15.1. The van der Waals surface area contributed by atoms with Gasteiger partial charge in [-0.25, -0.2) is 4.79 Å². The van der Waals surface area contributed by atoms with Gasteiger partial charge in [-0.1, -0.05) is 23.7 Å². The van der Waals surface area contributed by atoms with E-state index in [0.29, 0.717) is 10.8 Å². The van der Waals surface area contributed by atoms with Crippen molar-refractivity contribution in [2.45, 2.75) is 13.5 Å². The van der Waals surface area contributed by atoms with Crippen molar-refractivity contribution in [3.63, 3.8) is 0 Å². The number of ketones is 1. The minimum atomic E-state index is -1.16. The number of halogens is 1. The Morgan fingerprint density at radius 1 is 1.10 bits per heavy atom.